The van der Waals surface area contributed by atoms with Gasteiger partial charge >= 0.3 is 5.97 Å². The topological polar surface area (TPSA) is 120 Å². The van der Waals surface area contributed by atoms with Crippen molar-refractivity contribution in [2.24, 2.45) is 0 Å². The van der Waals surface area contributed by atoms with E-state index >= 15 is 0 Å². The van der Waals surface area contributed by atoms with E-state index in [1.807, 2.05) is 0 Å². The molecule has 0 saturated carbocycles. The SMILES string of the molecule is CCOC(=O)c1cccc(NC(=O)c2nn(-c3ccccc3OC)c(=O)cc2O)c1. The number of carbonyl (C=O) groups excluding carboxylic acids is 2. The monoisotopic (exact) mass is 409 g/mol. The van der Waals surface area contributed by atoms with Crippen molar-refractivity contribution in [1.82, 2.24) is 9.78 Å². The molecule has 1 aromatic heterocycles. The normalized spacial score (nSPS) is 10.3. The summed E-state index contributed by atoms with van der Waals surface area (Å²) in [6, 6.07) is 13.6. The number of aromatic nitrogens is 2. The molecule has 9 nitrogen and oxygen atoms in total. The highest BCUT2D eigenvalue weighted by atomic mass is 16.5. The van der Waals surface area contributed by atoms with Crippen LogP contribution in [0.2, 0.25) is 0 Å². The van der Waals surface area contributed by atoms with Crippen molar-refractivity contribution in [2.75, 3.05) is 19.0 Å². The Hall–Kier alpha value is -4.14. The Bertz CT molecular complexity index is 1160. The summed E-state index contributed by atoms with van der Waals surface area (Å²) in [5.74, 6) is -1.51. The Morgan fingerprint density at radius 3 is 2.63 bits per heavy atom. The van der Waals surface area contributed by atoms with Crippen LogP contribution in [0.5, 0.6) is 11.5 Å². The second-order valence-corrected chi connectivity index (χ2v) is 6.06. The zero-order valence-corrected chi connectivity index (χ0v) is 16.3. The lowest BCUT2D eigenvalue weighted by Gasteiger charge is -2.12. The highest BCUT2D eigenvalue weighted by Gasteiger charge is 2.19. The number of aromatic hydroxyl groups is 1. The Balaban J connectivity index is 1.95. The Morgan fingerprint density at radius 2 is 1.90 bits per heavy atom. The van der Waals surface area contributed by atoms with Gasteiger partial charge < -0.3 is 19.9 Å². The van der Waals surface area contributed by atoms with Crippen LogP contribution in [0, 0.1) is 0 Å². The number of rotatable bonds is 6. The lowest BCUT2D eigenvalue weighted by atomic mass is 10.2. The number of methoxy groups -OCH3 is 1. The van der Waals surface area contributed by atoms with Gasteiger partial charge in [-0.15, -0.1) is 0 Å². The van der Waals surface area contributed by atoms with E-state index in [0.29, 0.717) is 17.1 Å². The number of esters is 1. The molecule has 0 saturated heterocycles. The first-order valence-electron chi connectivity index (χ1n) is 9.00. The summed E-state index contributed by atoms with van der Waals surface area (Å²) in [4.78, 5) is 36.9. The number of carbonyl (C=O) groups is 2. The predicted molar refractivity (Wildman–Crippen MR) is 108 cm³/mol. The Kier molecular flexibility index (Phi) is 6.11. The molecule has 0 aliphatic rings. The Labute approximate surface area is 171 Å². The van der Waals surface area contributed by atoms with Crippen LogP contribution in [0.4, 0.5) is 5.69 Å². The van der Waals surface area contributed by atoms with Crippen LogP contribution < -0.4 is 15.6 Å². The van der Waals surface area contributed by atoms with Gasteiger partial charge in [-0.25, -0.2) is 4.79 Å². The summed E-state index contributed by atoms with van der Waals surface area (Å²) in [6.45, 7) is 1.91. The summed E-state index contributed by atoms with van der Waals surface area (Å²) in [7, 11) is 1.44. The minimum absolute atomic E-state index is 0.220. The van der Waals surface area contributed by atoms with Crippen molar-refractivity contribution in [3.05, 3.63) is 76.2 Å². The molecule has 1 amide bonds. The second-order valence-electron chi connectivity index (χ2n) is 6.06. The average molecular weight is 409 g/mol. The molecule has 0 aliphatic carbocycles. The molecular weight excluding hydrogens is 390 g/mol. The lowest BCUT2D eigenvalue weighted by Crippen LogP contribution is -2.25. The number of anilines is 1. The molecule has 0 bridgehead atoms. The van der Waals surface area contributed by atoms with Crippen molar-refractivity contribution in [3.63, 3.8) is 0 Å². The van der Waals surface area contributed by atoms with E-state index in [4.69, 9.17) is 9.47 Å². The zero-order valence-electron chi connectivity index (χ0n) is 16.3. The Morgan fingerprint density at radius 1 is 1.13 bits per heavy atom. The molecule has 0 aliphatic heterocycles. The highest BCUT2D eigenvalue weighted by molar-refractivity contribution is 6.05. The fourth-order valence-corrected chi connectivity index (χ4v) is 2.71. The minimum Gasteiger partial charge on any atom is -0.505 e. The zero-order chi connectivity index (χ0) is 21.7. The molecular formula is C21H19N3O6. The summed E-state index contributed by atoms with van der Waals surface area (Å²) in [6.07, 6.45) is 0. The molecule has 3 rings (SSSR count). The largest absolute Gasteiger partial charge is 0.505 e. The van der Waals surface area contributed by atoms with Crippen LogP contribution in [0.1, 0.15) is 27.8 Å². The molecule has 30 heavy (non-hydrogen) atoms. The van der Waals surface area contributed by atoms with Crippen LogP contribution in [0.15, 0.2) is 59.4 Å². The van der Waals surface area contributed by atoms with E-state index in [1.54, 1.807) is 49.4 Å². The van der Waals surface area contributed by atoms with Gasteiger partial charge in [0.2, 0.25) is 0 Å². The molecule has 0 radical (unpaired) electrons. The summed E-state index contributed by atoms with van der Waals surface area (Å²) >= 11 is 0. The highest BCUT2D eigenvalue weighted by Crippen LogP contribution is 2.22. The standard InChI is InChI=1S/C21H19N3O6/c1-3-30-21(28)13-7-6-8-14(11-13)22-20(27)19-16(25)12-18(26)24(23-19)15-9-4-5-10-17(15)29-2/h4-12,25H,3H2,1-2H3,(H,22,27). The third-order valence-corrected chi connectivity index (χ3v) is 4.07. The van der Waals surface area contributed by atoms with Gasteiger partial charge in [0, 0.05) is 11.8 Å². The van der Waals surface area contributed by atoms with Gasteiger partial charge in [-0.3, -0.25) is 9.59 Å². The molecule has 0 fully saturated rings. The number of hydrogen-bond acceptors (Lipinski definition) is 7. The molecule has 2 aromatic carbocycles. The lowest BCUT2D eigenvalue weighted by molar-refractivity contribution is 0.0526. The molecule has 3 aromatic rings. The van der Waals surface area contributed by atoms with Crippen LogP contribution in [0.25, 0.3) is 5.69 Å². The van der Waals surface area contributed by atoms with Crippen LogP contribution in [0.3, 0.4) is 0 Å². The van der Waals surface area contributed by atoms with Crippen molar-refractivity contribution in [1.29, 1.82) is 0 Å². The van der Waals surface area contributed by atoms with E-state index in [0.717, 1.165) is 10.7 Å². The maximum atomic E-state index is 12.7. The number of nitrogens with zero attached hydrogens (tertiary/aromatic N) is 2. The first kappa shape index (κ1) is 20.6. The van der Waals surface area contributed by atoms with Gasteiger partial charge in [-0.05, 0) is 37.3 Å². The maximum Gasteiger partial charge on any atom is 0.338 e. The molecule has 154 valence electrons. The van der Waals surface area contributed by atoms with Gasteiger partial charge in [0.25, 0.3) is 11.5 Å². The fourth-order valence-electron chi connectivity index (χ4n) is 2.71. The predicted octanol–water partition coefficient (Wildman–Crippen LogP) is 2.38. The molecule has 0 spiro atoms. The van der Waals surface area contributed by atoms with E-state index in [2.05, 4.69) is 10.4 Å². The van der Waals surface area contributed by atoms with Gasteiger partial charge in [0.1, 0.15) is 11.4 Å². The number of para-hydroxylation sites is 2. The molecule has 9 heteroatoms. The molecule has 2 N–H and O–H groups in total. The van der Waals surface area contributed by atoms with E-state index in [9.17, 15) is 19.5 Å². The third-order valence-electron chi connectivity index (χ3n) is 4.07. The van der Waals surface area contributed by atoms with Crippen molar-refractivity contribution < 1.29 is 24.2 Å². The van der Waals surface area contributed by atoms with Gasteiger partial charge in [-0.1, -0.05) is 18.2 Å². The minimum atomic E-state index is -0.767. The maximum absolute atomic E-state index is 12.7. The van der Waals surface area contributed by atoms with Crippen LogP contribution >= 0.6 is 0 Å². The van der Waals surface area contributed by atoms with E-state index < -0.39 is 23.2 Å². The number of ether oxygens (including phenoxy) is 2. The van der Waals surface area contributed by atoms with Gasteiger partial charge in [0.15, 0.2) is 11.4 Å². The molecule has 0 unspecified atom stereocenters. The van der Waals surface area contributed by atoms with Gasteiger partial charge in [-0.2, -0.15) is 9.78 Å². The second kappa shape index (κ2) is 8.91. The van der Waals surface area contributed by atoms with Crippen molar-refractivity contribution in [3.8, 4) is 17.2 Å². The third kappa shape index (κ3) is 4.30. The number of amides is 1. The van der Waals surface area contributed by atoms with E-state index in [-0.39, 0.29) is 17.9 Å². The molecule has 0 atom stereocenters. The van der Waals surface area contributed by atoms with Crippen molar-refractivity contribution in [2.45, 2.75) is 6.92 Å². The first-order valence-corrected chi connectivity index (χ1v) is 9.00. The summed E-state index contributed by atoms with van der Waals surface area (Å²) < 4.78 is 11.1. The summed E-state index contributed by atoms with van der Waals surface area (Å²) in [5.41, 5.74) is -0.157. The summed E-state index contributed by atoms with van der Waals surface area (Å²) in [5, 5.41) is 16.7. The number of benzene rings is 2. The van der Waals surface area contributed by atoms with E-state index in [1.165, 1.54) is 13.2 Å². The van der Waals surface area contributed by atoms with Crippen LogP contribution in [-0.4, -0.2) is 40.5 Å². The van der Waals surface area contributed by atoms with Crippen molar-refractivity contribution >= 4 is 17.6 Å². The molecule has 1 heterocycles. The number of hydrogen-bond donors (Lipinski definition) is 2. The fraction of sp³-hybridized carbons (Fsp3) is 0.143. The number of nitrogens with one attached hydrogen (secondary N) is 1. The van der Waals surface area contributed by atoms with Crippen LogP contribution in [-0.2, 0) is 4.74 Å². The first-order chi connectivity index (χ1) is 14.4. The average Bonchev–Trinajstić information content (AvgIpc) is 2.74. The van der Waals surface area contributed by atoms with Gasteiger partial charge in [0.05, 0.1) is 19.3 Å². The smallest absolute Gasteiger partial charge is 0.338 e. The quantitative estimate of drug-likeness (QED) is 0.600.